The van der Waals surface area contributed by atoms with Gasteiger partial charge in [0.15, 0.2) is 5.54 Å². The molecule has 17 heavy (non-hydrogen) atoms. The van der Waals surface area contributed by atoms with E-state index < -0.39 is 5.54 Å². The zero-order chi connectivity index (χ0) is 12.9. The van der Waals surface area contributed by atoms with E-state index in [-0.39, 0.29) is 12.6 Å². The molecule has 94 valence electrons. The quantitative estimate of drug-likeness (QED) is 0.795. The van der Waals surface area contributed by atoms with Crippen molar-refractivity contribution in [3.63, 3.8) is 0 Å². The molecule has 0 aliphatic carbocycles. The minimum atomic E-state index is -0.876. The molecule has 0 bridgehead atoms. The van der Waals surface area contributed by atoms with Gasteiger partial charge in [0.05, 0.1) is 13.7 Å². The van der Waals surface area contributed by atoms with Gasteiger partial charge in [-0.05, 0) is 26.0 Å². The summed E-state index contributed by atoms with van der Waals surface area (Å²) >= 11 is 0. The zero-order valence-corrected chi connectivity index (χ0v) is 10.7. The van der Waals surface area contributed by atoms with E-state index in [1.54, 1.807) is 14.0 Å². The fourth-order valence-corrected chi connectivity index (χ4v) is 1.62. The Morgan fingerprint density at radius 1 is 1.29 bits per heavy atom. The summed E-state index contributed by atoms with van der Waals surface area (Å²) in [5.41, 5.74) is 1.15. The number of aryl methyl sites for hydroxylation is 1. The molecule has 4 heteroatoms. The Kier molecular flexibility index (Phi) is 4.52. The number of methoxy groups -OCH3 is 2. The molecule has 0 amide bonds. The first-order valence-electron chi connectivity index (χ1n) is 5.44. The first-order chi connectivity index (χ1) is 8.01. The molecular formula is C13H19NO3. The van der Waals surface area contributed by atoms with E-state index in [0.717, 1.165) is 5.69 Å². The van der Waals surface area contributed by atoms with E-state index in [1.165, 1.54) is 12.7 Å². The van der Waals surface area contributed by atoms with Gasteiger partial charge in [0.2, 0.25) is 0 Å². The van der Waals surface area contributed by atoms with Gasteiger partial charge in [0, 0.05) is 12.8 Å². The maximum absolute atomic E-state index is 11.7. The Hall–Kier alpha value is -1.55. The number of rotatable bonds is 5. The summed E-state index contributed by atoms with van der Waals surface area (Å²) in [4.78, 5) is 11.7. The number of carbonyl (C=O) groups is 1. The van der Waals surface area contributed by atoms with Crippen molar-refractivity contribution in [2.75, 3.05) is 26.1 Å². The average molecular weight is 237 g/mol. The van der Waals surface area contributed by atoms with Crippen LogP contribution >= 0.6 is 0 Å². The predicted octanol–water partition coefficient (Wildman–Crippen LogP) is 1.99. The number of anilines is 1. The molecule has 0 spiro atoms. The third-order valence-electron chi connectivity index (χ3n) is 2.54. The van der Waals surface area contributed by atoms with E-state index in [2.05, 4.69) is 5.32 Å². The molecule has 0 saturated carbocycles. The molecule has 0 fully saturated rings. The van der Waals surface area contributed by atoms with Crippen LogP contribution in [0.4, 0.5) is 5.69 Å². The Balaban J connectivity index is 2.86. The molecule has 1 N–H and O–H groups in total. The van der Waals surface area contributed by atoms with Gasteiger partial charge in [-0.25, -0.2) is 4.79 Å². The van der Waals surface area contributed by atoms with Crippen LogP contribution in [0, 0.1) is 6.92 Å². The Morgan fingerprint density at radius 3 is 2.35 bits per heavy atom. The van der Waals surface area contributed by atoms with Gasteiger partial charge >= 0.3 is 5.97 Å². The number of benzene rings is 1. The maximum Gasteiger partial charge on any atom is 0.333 e. The summed E-state index contributed by atoms with van der Waals surface area (Å²) in [6.45, 7) is 4.01. The minimum Gasteiger partial charge on any atom is -0.467 e. The largest absolute Gasteiger partial charge is 0.467 e. The Labute approximate surface area is 102 Å². The lowest BCUT2D eigenvalue weighted by Crippen LogP contribution is -2.48. The lowest BCUT2D eigenvalue weighted by molar-refractivity contribution is -0.147. The van der Waals surface area contributed by atoms with Crippen LogP contribution in [0.15, 0.2) is 24.3 Å². The summed E-state index contributed by atoms with van der Waals surface area (Å²) in [7, 11) is 2.92. The number of nitrogens with one attached hydrogen (secondary N) is 1. The number of esters is 1. The fraction of sp³-hybridized carbons (Fsp3) is 0.462. The van der Waals surface area contributed by atoms with E-state index in [4.69, 9.17) is 9.47 Å². The highest BCUT2D eigenvalue weighted by molar-refractivity contribution is 5.84. The van der Waals surface area contributed by atoms with Crippen molar-refractivity contribution in [1.29, 1.82) is 0 Å². The number of ether oxygens (including phenoxy) is 2. The van der Waals surface area contributed by atoms with Crippen molar-refractivity contribution >= 4 is 11.7 Å². The van der Waals surface area contributed by atoms with Crippen LogP contribution in [0.2, 0.25) is 0 Å². The molecule has 0 aliphatic rings. The van der Waals surface area contributed by atoms with E-state index in [1.807, 2.05) is 31.2 Å². The van der Waals surface area contributed by atoms with Gasteiger partial charge in [-0.3, -0.25) is 0 Å². The molecule has 0 heterocycles. The highest BCUT2D eigenvalue weighted by atomic mass is 16.5. The zero-order valence-electron chi connectivity index (χ0n) is 10.7. The first-order valence-corrected chi connectivity index (χ1v) is 5.44. The van der Waals surface area contributed by atoms with Crippen LogP contribution < -0.4 is 5.32 Å². The Morgan fingerprint density at radius 2 is 1.88 bits per heavy atom. The van der Waals surface area contributed by atoms with Crippen molar-refractivity contribution in [1.82, 2.24) is 0 Å². The molecule has 1 rings (SSSR count). The van der Waals surface area contributed by atoms with Crippen LogP contribution in [0.3, 0.4) is 0 Å². The summed E-state index contributed by atoms with van der Waals surface area (Å²) in [6, 6.07) is 7.80. The lowest BCUT2D eigenvalue weighted by Gasteiger charge is -2.28. The third-order valence-corrected chi connectivity index (χ3v) is 2.54. The van der Waals surface area contributed by atoms with Crippen LogP contribution in [0.25, 0.3) is 0 Å². The fourth-order valence-electron chi connectivity index (χ4n) is 1.62. The minimum absolute atomic E-state index is 0.244. The van der Waals surface area contributed by atoms with Gasteiger partial charge in [0.1, 0.15) is 0 Å². The summed E-state index contributed by atoms with van der Waals surface area (Å²) in [5, 5.41) is 3.13. The molecule has 1 aromatic carbocycles. The summed E-state index contributed by atoms with van der Waals surface area (Å²) in [5.74, 6) is -0.347. The highest BCUT2D eigenvalue weighted by Crippen LogP contribution is 2.17. The SMILES string of the molecule is COCC(C)(Nc1ccc(C)cc1)C(=O)OC. The second-order valence-corrected chi connectivity index (χ2v) is 4.25. The number of hydrogen-bond acceptors (Lipinski definition) is 4. The van der Waals surface area contributed by atoms with Crippen molar-refractivity contribution < 1.29 is 14.3 Å². The normalized spacial score (nSPS) is 13.9. The van der Waals surface area contributed by atoms with Crippen LogP contribution in [-0.4, -0.2) is 32.3 Å². The third kappa shape index (κ3) is 3.46. The van der Waals surface area contributed by atoms with Gasteiger partial charge in [-0.15, -0.1) is 0 Å². The molecule has 1 aromatic rings. The van der Waals surface area contributed by atoms with Crippen molar-refractivity contribution in [3.8, 4) is 0 Å². The summed E-state index contributed by atoms with van der Waals surface area (Å²) < 4.78 is 9.84. The van der Waals surface area contributed by atoms with E-state index in [9.17, 15) is 4.79 Å². The predicted molar refractivity (Wildman–Crippen MR) is 67.1 cm³/mol. The molecular weight excluding hydrogens is 218 g/mol. The second-order valence-electron chi connectivity index (χ2n) is 4.25. The standard InChI is InChI=1S/C13H19NO3/c1-10-5-7-11(8-6-10)14-13(2,9-16-3)12(15)17-4/h5-8,14H,9H2,1-4H3. The molecule has 0 aromatic heterocycles. The van der Waals surface area contributed by atoms with Gasteiger partial charge in [-0.2, -0.15) is 0 Å². The van der Waals surface area contributed by atoms with Crippen molar-refractivity contribution in [2.45, 2.75) is 19.4 Å². The van der Waals surface area contributed by atoms with Crippen LogP contribution in [-0.2, 0) is 14.3 Å². The first kappa shape index (κ1) is 13.5. The van der Waals surface area contributed by atoms with Gasteiger partial charge in [-0.1, -0.05) is 17.7 Å². The van der Waals surface area contributed by atoms with Crippen LogP contribution in [0.5, 0.6) is 0 Å². The topological polar surface area (TPSA) is 47.6 Å². The number of hydrogen-bond donors (Lipinski definition) is 1. The summed E-state index contributed by atoms with van der Waals surface area (Å²) in [6.07, 6.45) is 0. The van der Waals surface area contributed by atoms with Crippen molar-refractivity contribution in [2.24, 2.45) is 0 Å². The lowest BCUT2D eigenvalue weighted by atomic mass is 10.0. The Bertz CT molecular complexity index is 375. The molecule has 0 aliphatic heterocycles. The number of carbonyl (C=O) groups excluding carboxylic acids is 1. The molecule has 1 atom stereocenters. The molecule has 0 radical (unpaired) electrons. The smallest absolute Gasteiger partial charge is 0.333 e. The van der Waals surface area contributed by atoms with Crippen molar-refractivity contribution in [3.05, 3.63) is 29.8 Å². The highest BCUT2D eigenvalue weighted by Gasteiger charge is 2.34. The average Bonchev–Trinajstić information content (AvgIpc) is 2.31. The second kappa shape index (κ2) is 5.68. The maximum atomic E-state index is 11.7. The van der Waals surface area contributed by atoms with Crippen LogP contribution in [0.1, 0.15) is 12.5 Å². The van der Waals surface area contributed by atoms with Gasteiger partial charge in [0.25, 0.3) is 0 Å². The molecule has 4 nitrogen and oxygen atoms in total. The van der Waals surface area contributed by atoms with Gasteiger partial charge < -0.3 is 14.8 Å². The van der Waals surface area contributed by atoms with E-state index in [0.29, 0.717) is 0 Å². The monoisotopic (exact) mass is 237 g/mol. The molecule has 0 saturated heterocycles. The van der Waals surface area contributed by atoms with E-state index >= 15 is 0 Å². The molecule has 1 unspecified atom stereocenters.